The maximum Gasteiger partial charge on any atom is 0.0211 e. The van der Waals surface area contributed by atoms with Crippen LogP contribution in [0.2, 0.25) is 0 Å². The van der Waals surface area contributed by atoms with E-state index in [1.54, 1.807) is 0 Å². The molecule has 0 unspecified atom stereocenters. The Labute approximate surface area is 50.7 Å². The Hall–Kier alpha value is -0.0400. The third-order valence-electron chi connectivity index (χ3n) is 3.06. The van der Waals surface area contributed by atoms with Gasteiger partial charge in [-0.2, -0.15) is 0 Å². The van der Waals surface area contributed by atoms with E-state index in [1.165, 1.54) is 19.4 Å². The van der Waals surface area contributed by atoms with Crippen molar-refractivity contribution < 1.29 is 0 Å². The molecule has 0 aromatic rings. The van der Waals surface area contributed by atoms with E-state index in [9.17, 15) is 0 Å². The molecule has 0 radical (unpaired) electrons. The lowest BCUT2D eigenvalue weighted by Gasteiger charge is -2.17. The second-order valence-corrected chi connectivity index (χ2v) is 3.47. The van der Waals surface area contributed by atoms with Gasteiger partial charge >= 0.3 is 0 Å². The maximum atomic E-state index is 2.50. The van der Waals surface area contributed by atoms with Gasteiger partial charge in [0.1, 0.15) is 0 Å². The van der Waals surface area contributed by atoms with Gasteiger partial charge in [-0.15, -0.1) is 0 Å². The fourth-order valence-electron chi connectivity index (χ4n) is 1.93. The van der Waals surface area contributed by atoms with Crippen molar-refractivity contribution >= 4 is 0 Å². The molecule has 2 atom stereocenters. The molecule has 1 nitrogen and oxygen atoms in total. The number of rotatable bonds is 0. The first-order valence-electron chi connectivity index (χ1n) is 3.45. The van der Waals surface area contributed by atoms with Gasteiger partial charge < -0.3 is 4.90 Å². The molecule has 0 aromatic carbocycles. The molecular weight excluding hydrogens is 98.1 g/mol. The van der Waals surface area contributed by atoms with Crippen LogP contribution in [-0.4, -0.2) is 24.0 Å². The number of hydrogen-bond donors (Lipinski definition) is 0. The zero-order valence-corrected chi connectivity index (χ0v) is 5.65. The van der Waals surface area contributed by atoms with E-state index in [-0.39, 0.29) is 0 Å². The lowest BCUT2D eigenvalue weighted by molar-refractivity contribution is 0.280. The fraction of sp³-hybridized carbons (Fsp3) is 1.00. The zero-order valence-electron chi connectivity index (χ0n) is 5.65. The van der Waals surface area contributed by atoms with Crippen molar-refractivity contribution in [3.8, 4) is 0 Å². The van der Waals surface area contributed by atoms with Crippen molar-refractivity contribution in [2.75, 3.05) is 13.6 Å². The van der Waals surface area contributed by atoms with Crippen LogP contribution in [-0.2, 0) is 0 Å². The van der Waals surface area contributed by atoms with Crippen LogP contribution < -0.4 is 0 Å². The number of likely N-dealkylation sites (tertiary alicyclic amines) is 1. The molecule has 1 aliphatic heterocycles. The van der Waals surface area contributed by atoms with Gasteiger partial charge in [-0.05, 0) is 39.3 Å². The van der Waals surface area contributed by atoms with E-state index in [2.05, 4.69) is 18.9 Å². The summed E-state index contributed by atoms with van der Waals surface area (Å²) in [4.78, 5) is 2.50. The molecule has 0 amide bonds. The lowest BCUT2D eigenvalue weighted by Crippen LogP contribution is -2.27. The Kier molecular flexibility index (Phi) is 0.663. The van der Waals surface area contributed by atoms with E-state index in [0.29, 0.717) is 5.54 Å². The van der Waals surface area contributed by atoms with E-state index < -0.39 is 0 Å². The largest absolute Gasteiger partial charge is 0.301 e. The van der Waals surface area contributed by atoms with E-state index >= 15 is 0 Å². The van der Waals surface area contributed by atoms with Crippen molar-refractivity contribution in [2.45, 2.75) is 25.3 Å². The van der Waals surface area contributed by atoms with Crippen LogP contribution in [0.4, 0.5) is 0 Å². The summed E-state index contributed by atoms with van der Waals surface area (Å²) < 4.78 is 0. The number of piperidine rings is 1. The first-order chi connectivity index (χ1) is 3.73. The molecule has 0 aromatic heterocycles. The molecule has 1 heterocycles. The first-order valence-corrected chi connectivity index (χ1v) is 3.45. The van der Waals surface area contributed by atoms with E-state index in [1.807, 2.05) is 0 Å². The normalized spacial score (nSPS) is 54.0. The van der Waals surface area contributed by atoms with Gasteiger partial charge in [0.05, 0.1) is 0 Å². The number of nitrogens with zero attached hydrogens (tertiary/aromatic N) is 1. The standard InChI is InChI=1S/C7H13N/c1-7-5-6(7)3-4-8(7)2/h6H,3-5H2,1-2H3/t6-,7-/m0/s1. The molecule has 0 spiro atoms. The minimum Gasteiger partial charge on any atom is -0.301 e. The molecule has 1 saturated heterocycles. The van der Waals surface area contributed by atoms with E-state index in [4.69, 9.17) is 0 Å². The second kappa shape index (κ2) is 1.10. The minimum atomic E-state index is 0.653. The van der Waals surface area contributed by atoms with Crippen LogP contribution in [0.3, 0.4) is 0 Å². The molecule has 46 valence electrons. The van der Waals surface area contributed by atoms with E-state index in [0.717, 1.165) is 5.92 Å². The molecule has 0 bridgehead atoms. The van der Waals surface area contributed by atoms with Crippen molar-refractivity contribution in [1.82, 2.24) is 4.90 Å². The van der Waals surface area contributed by atoms with Gasteiger partial charge in [-0.3, -0.25) is 0 Å². The molecule has 8 heavy (non-hydrogen) atoms. The predicted octanol–water partition coefficient (Wildman–Crippen LogP) is 1.10. The quantitative estimate of drug-likeness (QED) is 0.452. The Morgan fingerprint density at radius 1 is 1.62 bits per heavy atom. The molecule has 2 aliphatic rings. The summed E-state index contributed by atoms with van der Waals surface area (Å²) in [5.74, 6) is 1.06. The van der Waals surface area contributed by atoms with Gasteiger partial charge in [0.2, 0.25) is 0 Å². The first kappa shape index (κ1) is 4.80. The van der Waals surface area contributed by atoms with Crippen molar-refractivity contribution in [3.63, 3.8) is 0 Å². The monoisotopic (exact) mass is 111 g/mol. The van der Waals surface area contributed by atoms with Crippen LogP contribution in [0.1, 0.15) is 19.8 Å². The van der Waals surface area contributed by atoms with Crippen LogP contribution in [0, 0.1) is 5.92 Å². The summed E-state index contributed by atoms with van der Waals surface area (Å²) in [5, 5.41) is 0. The Bertz CT molecular complexity index is 120. The highest BCUT2D eigenvalue weighted by molar-refractivity contribution is 5.11. The van der Waals surface area contributed by atoms with Gasteiger partial charge in [0.25, 0.3) is 0 Å². The smallest absolute Gasteiger partial charge is 0.0211 e. The van der Waals surface area contributed by atoms with Gasteiger partial charge in [0.15, 0.2) is 0 Å². The molecule has 0 N–H and O–H groups in total. The van der Waals surface area contributed by atoms with Crippen LogP contribution in [0.25, 0.3) is 0 Å². The average molecular weight is 111 g/mol. The molecule has 2 rings (SSSR count). The van der Waals surface area contributed by atoms with Gasteiger partial charge in [-0.25, -0.2) is 0 Å². The predicted molar refractivity (Wildman–Crippen MR) is 33.8 cm³/mol. The number of fused-ring (bicyclic) bond motifs is 1. The summed E-state index contributed by atoms with van der Waals surface area (Å²) in [6.07, 6.45) is 2.91. The summed E-state index contributed by atoms with van der Waals surface area (Å²) in [5.41, 5.74) is 0.653. The van der Waals surface area contributed by atoms with Crippen molar-refractivity contribution in [1.29, 1.82) is 0 Å². The molecule has 1 aliphatic carbocycles. The highest BCUT2D eigenvalue weighted by Crippen LogP contribution is 2.54. The Morgan fingerprint density at radius 3 is 2.50 bits per heavy atom. The van der Waals surface area contributed by atoms with Crippen LogP contribution >= 0.6 is 0 Å². The van der Waals surface area contributed by atoms with Crippen LogP contribution in [0.15, 0.2) is 0 Å². The van der Waals surface area contributed by atoms with Gasteiger partial charge in [-0.1, -0.05) is 0 Å². The summed E-state index contributed by atoms with van der Waals surface area (Å²) in [6, 6.07) is 0. The highest BCUT2D eigenvalue weighted by Gasteiger charge is 2.56. The Morgan fingerprint density at radius 2 is 2.38 bits per heavy atom. The second-order valence-electron chi connectivity index (χ2n) is 3.47. The third kappa shape index (κ3) is 0.368. The topological polar surface area (TPSA) is 3.24 Å². The molecule has 2 fully saturated rings. The highest BCUT2D eigenvalue weighted by atomic mass is 15.2. The molecule has 1 heteroatoms. The van der Waals surface area contributed by atoms with Gasteiger partial charge in [0, 0.05) is 5.54 Å². The average Bonchev–Trinajstić information content (AvgIpc) is 2.31. The Balaban J connectivity index is 2.19. The maximum absolute atomic E-state index is 2.50. The zero-order chi connectivity index (χ0) is 5.78. The molecular formula is C7H13N. The SMILES string of the molecule is CN1CC[C@H]2C[C@@]21C. The fourth-order valence-corrected chi connectivity index (χ4v) is 1.93. The van der Waals surface area contributed by atoms with Crippen LogP contribution in [0.5, 0.6) is 0 Å². The lowest BCUT2D eigenvalue weighted by atomic mass is 10.2. The summed E-state index contributed by atoms with van der Waals surface area (Å²) in [7, 11) is 2.24. The third-order valence-corrected chi connectivity index (χ3v) is 3.06. The molecule has 1 saturated carbocycles. The number of hydrogen-bond acceptors (Lipinski definition) is 1. The minimum absolute atomic E-state index is 0.653. The van der Waals surface area contributed by atoms with Crippen molar-refractivity contribution in [2.24, 2.45) is 5.92 Å². The summed E-state index contributed by atoms with van der Waals surface area (Å²) >= 11 is 0. The summed E-state index contributed by atoms with van der Waals surface area (Å²) in [6.45, 7) is 3.71. The van der Waals surface area contributed by atoms with Crippen molar-refractivity contribution in [3.05, 3.63) is 0 Å².